The Balaban J connectivity index is 1.86. The third-order valence-corrected chi connectivity index (χ3v) is 8.74. The third kappa shape index (κ3) is 13.7. The first-order valence-corrected chi connectivity index (χ1v) is 19.1. The van der Waals surface area contributed by atoms with Crippen molar-refractivity contribution in [3.63, 3.8) is 0 Å². The molecular formula is C42H62O8. The van der Waals surface area contributed by atoms with Crippen LogP contribution in [-0.4, -0.2) is 63.8 Å². The van der Waals surface area contributed by atoms with Gasteiger partial charge < -0.3 is 28.4 Å². The maximum absolute atomic E-state index is 12.8. The van der Waals surface area contributed by atoms with Crippen LogP contribution in [-0.2, 0) is 28.5 Å². The maximum atomic E-state index is 12.8. The van der Waals surface area contributed by atoms with Gasteiger partial charge in [-0.05, 0) is 52.7 Å². The molecule has 2 unspecified atom stereocenters. The first kappa shape index (κ1) is 41.1. The molecule has 0 bridgehead atoms. The monoisotopic (exact) mass is 694 g/mol. The van der Waals surface area contributed by atoms with Crippen molar-refractivity contribution in [3.05, 3.63) is 47.5 Å². The van der Waals surface area contributed by atoms with Gasteiger partial charge in [0, 0.05) is 47.6 Å². The minimum Gasteiger partial charge on any atom is -0.488 e. The summed E-state index contributed by atoms with van der Waals surface area (Å²) in [4.78, 5) is 25.5. The average molecular weight is 695 g/mol. The molecule has 0 aliphatic carbocycles. The molecule has 0 amide bonds. The van der Waals surface area contributed by atoms with Crippen molar-refractivity contribution in [1.82, 2.24) is 0 Å². The predicted molar refractivity (Wildman–Crippen MR) is 201 cm³/mol. The zero-order valence-corrected chi connectivity index (χ0v) is 31.6. The van der Waals surface area contributed by atoms with E-state index in [4.69, 9.17) is 28.4 Å². The highest BCUT2D eigenvalue weighted by molar-refractivity contribution is 6.11. The zero-order chi connectivity index (χ0) is 36.1. The lowest BCUT2D eigenvalue weighted by atomic mass is 9.97. The molecule has 50 heavy (non-hydrogen) atoms. The van der Waals surface area contributed by atoms with Crippen molar-refractivity contribution in [2.75, 3.05) is 39.6 Å². The number of aryl methyl sites for hydroxylation is 2. The summed E-state index contributed by atoms with van der Waals surface area (Å²) in [5.74, 6) is 0.948. The van der Waals surface area contributed by atoms with E-state index in [-0.39, 0.29) is 38.4 Å². The molecule has 278 valence electrons. The van der Waals surface area contributed by atoms with E-state index in [1.807, 2.05) is 39.8 Å². The number of benzene rings is 3. The van der Waals surface area contributed by atoms with Gasteiger partial charge in [-0.1, -0.05) is 101 Å². The van der Waals surface area contributed by atoms with E-state index in [9.17, 15) is 9.59 Å². The van der Waals surface area contributed by atoms with Gasteiger partial charge in [-0.3, -0.25) is 9.59 Å². The SMILES string of the molecule is CCCCCCCC(=O)OC(COCC)COc1c2ccc(C)cc2c(OCC(COCC)OC(=O)CCCCCCC)c2ccc(C)cc12. The van der Waals surface area contributed by atoms with Gasteiger partial charge >= 0.3 is 11.9 Å². The molecule has 0 aromatic heterocycles. The Hall–Kier alpha value is -3.36. The Morgan fingerprint density at radius 1 is 0.520 bits per heavy atom. The fourth-order valence-electron chi connectivity index (χ4n) is 6.01. The Morgan fingerprint density at radius 2 is 0.920 bits per heavy atom. The molecule has 0 saturated carbocycles. The van der Waals surface area contributed by atoms with E-state index in [2.05, 4.69) is 38.1 Å². The minimum absolute atomic E-state index is 0.151. The van der Waals surface area contributed by atoms with Gasteiger partial charge in [-0.15, -0.1) is 0 Å². The van der Waals surface area contributed by atoms with Crippen LogP contribution in [0, 0.1) is 13.8 Å². The van der Waals surface area contributed by atoms with E-state index in [1.165, 1.54) is 12.8 Å². The molecule has 0 aliphatic rings. The first-order chi connectivity index (χ1) is 24.3. The summed E-state index contributed by atoms with van der Waals surface area (Å²) in [5, 5.41) is 3.54. The third-order valence-electron chi connectivity index (χ3n) is 8.74. The lowest BCUT2D eigenvalue weighted by Crippen LogP contribution is -2.30. The quantitative estimate of drug-likeness (QED) is 0.0466. The Bertz CT molecular complexity index is 1340. The van der Waals surface area contributed by atoms with Crippen LogP contribution >= 0.6 is 0 Å². The first-order valence-electron chi connectivity index (χ1n) is 19.1. The molecule has 0 fully saturated rings. The number of ether oxygens (including phenoxy) is 6. The number of hydrogen-bond donors (Lipinski definition) is 0. The van der Waals surface area contributed by atoms with Crippen molar-refractivity contribution in [2.45, 2.75) is 131 Å². The number of carbonyl (C=O) groups excluding carboxylic acids is 2. The fraction of sp³-hybridized carbons (Fsp3) is 0.619. The molecule has 8 heteroatoms. The van der Waals surface area contributed by atoms with Crippen LogP contribution in [0.5, 0.6) is 11.5 Å². The standard InChI is InChI=1S/C42H62O8/c1-7-11-13-15-17-19-39(43)49-33(27-45-9-3)29-47-41-35-23-21-32(6)26-38(35)42(36-24-22-31(5)25-37(36)41)48-30-34(28-46-10-4)50-40(44)20-18-16-14-12-8-2/h21-26,33-34H,7-20,27-30H2,1-6H3. The van der Waals surface area contributed by atoms with Crippen molar-refractivity contribution in [1.29, 1.82) is 0 Å². The smallest absolute Gasteiger partial charge is 0.306 e. The highest BCUT2D eigenvalue weighted by Gasteiger charge is 2.22. The summed E-state index contributed by atoms with van der Waals surface area (Å²) >= 11 is 0. The van der Waals surface area contributed by atoms with Crippen molar-refractivity contribution < 1.29 is 38.0 Å². The van der Waals surface area contributed by atoms with E-state index < -0.39 is 12.2 Å². The van der Waals surface area contributed by atoms with Crippen LogP contribution in [0.15, 0.2) is 36.4 Å². The largest absolute Gasteiger partial charge is 0.488 e. The van der Waals surface area contributed by atoms with Crippen LogP contribution in [0.25, 0.3) is 21.5 Å². The number of carbonyl (C=O) groups is 2. The molecule has 2 atom stereocenters. The van der Waals surface area contributed by atoms with Gasteiger partial charge in [0.1, 0.15) is 24.7 Å². The second-order valence-corrected chi connectivity index (χ2v) is 13.2. The summed E-state index contributed by atoms with van der Waals surface area (Å²) in [6.07, 6.45) is 10.3. The van der Waals surface area contributed by atoms with Crippen LogP contribution in [0.1, 0.15) is 116 Å². The average Bonchev–Trinajstić information content (AvgIpc) is 3.10. The molecule has 0 aliphatic heterocycles. The van der Waals surface area contributed by atoms with Crippen molar-refractivity contribution in [3.8, 4) is 11.5 Å². The molecule has 8 nitrogen and oxygen atoms in total. The normalized spacial score (nSPS) is 12.6. The highest BCUT2D eigenvalue weighted by atomic mass is 16.6. The molecule has 3 aromatic carbocycles. The van der Waals surface area contributed by atoms with Crippen LogP contribution in [0.2, 0.25) is 0 Å². The zero-order valence-electron chi connectivity index (χ0n) is 31.6. The van der Waals surface area contributed by atoms with E-state index >= 15 is 0 Å². The molecule has 3 aromatic rings. The summed E-state index contributed by atoms with van der Waals surface area (Å²) in [7, 11) is 0. The fourth-order valence-corrected chi connectivity index (χ4v) is 6.01. The summed E-state index contributed by atoms with van der Waals surface area (Å²) < 4.78 is 36.3. The van der Waals surface area contributed by atoms with E-state index in [1.54, 1.807) is 0 Å². The van der Waals surface area contributed by atoms with E-state index in [0.717, 1.165) is 84.0 Å². The maximum Gasteiger partial charge on any atom is 0.306 e. The Kier molecular flexibility index (Phi) is 19.0. The van der Waals surface area contributed by atoms with Gasteiger partial charge in [-0.2, -0.15) is 0 Å². The van der Waals surface area contributed by atoms with Crippen molar-refractivity contribution >= 4 is 33.5 Å². The Morgan fingerprint density at radius 3 is 1.30 bits per heavy atom. The topological polar surface area (TPSA) is 89.5 Å². The second-order valence-electron chi connectivity index (χ2n) is 13.2. The number of unbranched alkanes of at least 4 members (excludes halogenated alkanes) is 8. The molecule has 0 radical (unpaired) electrons. The van der Waals surface area contributed by atoms with Crippen LogP contribution in [0.4, 0.5) is 0 Å². The lowest BCUT2D eigenvalue weighted by Gasteiger charge is -2.23. The lowest BCUT2D eigenvalue weighted by molar-refractivity contribution is -0.155. The molecule has 0 N–H and O–H groups in total. The number of esters is 2. The molecule has 0 saturated heterocycles. The number of fused-ring (bicyclic) bond motifs is 2. The molecule has 0 spiro atoms. The van der Waals surface area contributed by atoms with Gasteiger partial charge in [0.05, 0.1) is 13.2 Å². The molecular weight excluding hydrogens is 632 g/mol. The minimum atomic E-state index is -0.546. The van der Waals surface area contributed by atoms with Crippen molar-refractivity contribution in [2.24, 2.45) is 0 Å². The van der Waals surface area contributed by atoms with Gasteiger partial charge in [0.25, 0.3) is 0 Å². The number of hydrogen-bond acceptors (Lipinski definition) is 8. The van der Waals surface area contributed by atoms with Gasteiger partial charge in [0.15, 0.2) is 12.2 Å². The predicted octanol–water partition coefficient (Wildman–Crippen LogP) is 9.99. The number of rotatable bonds is 26. The van der Waals surface area contributed by atoms with Crippen LogP contribution in [0.3, 0.4) is 0 Å². The molecule has 0 heterocycles. The van der Waals surface area contributed by atoms with Gasteiger partial charge in [-0.25, -0.2) is 0 Å². The summed E-state index contributed by atoms with van der Waals surface area (Å²) in [5.41, 5.74) is 2.14. The van der Waals surface area contributed by atoms with E-state index in [0.29, 0.717) is 37.6 Å². The Labute approximate surface area is 300 Å². The summed E-state index contributed by atoms with van der Waals surface area (Å²) in [6.45, 7) is 14.1. The van der Waals surface area contributed by atoms with Gasteiger partial charge in [0.2, 0.25) is 0 Å². The highest BCUT2D eigenvalue weighted by Crippen LogP contribution is 2.43. The molecule has 3 rings (SSSR count). The van der Waals surface area contributed by atoms with Crippen LogP contribution < -0.4 is 9.47 Å². The second kappa shape index (κ2) is 23.2. The summed E-state index contributed by atoms with van der Waals surface area (Å²) in [6, 6.07) is 12.4.